The summed E-state index contributed by atoms with van der Waals surface area (Å²) in [6, 6.07) is 0. The van der Waals surface area contributed by atoms with Crippen LogP contribution in [0.25, 0.3) is 0 Å². The normalized spacial score (nSPS) is 11.1. The summed E-state index contributed by atoms with van der Waals surface area (Å²) in [6.45, 7) is 10.5. The zero-order valence-electron chi connectivity index (χ0n) is 9.07. The minimum absolute atomic E-state index is 0. The molecule has 0 bridgehead atoms. The van der Waals surface area contributed by atoms with Crippen LogP contribution in [-0.4, -0.2) is 38.4 Å². The Kier molecular flexibility index (Phi) is 12.5. The molecule has 0 rings (SSSR count). The predicted molar refractivity (Wildman–Crippen MR) is 63.4 cm³/mol. The maximum Gasteiger partial charge on any atom is 0.673 e. The maximum absolute atomic E-state index is 9.75. The molecule has 0 atom stereocenters. The molecule has 0 radical (unpaired) electrons. The lowest BCUT2D eigenvalue weighted by atomic mass is 10.3. The van der Waals surface area contributed by atoms with Crippen LogP contribution in [0.5, 0.6) is 0 Å². The second-order valence-corrected chi connectivity index (χ2v) is 3.06. The van der Waals surface area contributed by atoms with Crippen LogP contribution in [0, 0.1) is 0 Å². The Balaban J connectivity index is -0.000000177. The molecule has 0 fully saturated rings. The third-order valence-corrected chi connectivity index (χ3v) is 2.29. The van der Waals surface area contributed by atoms with Gasteiger partial charge in [0, 0.05) is 0 Å². The van der Waals surface area contributed by atoms with Gasteiger partial charge in [-0.3, -0.25) is 0 Å². The molecule has 0 saturated heterocycles. The summed E-state index contributed by atoms with van der Waals surface area (Å²) < 4.78 is 40.2. The minimum Gasteiger partial charge on any atom is -0.418 e. The van der Waals surface area contributed by atoms with Crippen molar-refractivity contribution in [1.82, 2.24) is 0 Å². The van der Waals surface area contributed by atoms with Crippen LogP contribution < -0.4 is 0 Å². The maximum atomic E-state index is 9.75. The highest BCUT2D eigenvalue weighted by molar-refractivity contribution is 14.0. The van der Waals surface area contributed by atoms with Crippen molar-refractivity contribution in [3.8, 4) is 0 Å². The standard InChI is InChI=1S/C7H18N.BF4.HI/c1-5-8(4,6-2)7-3;2-1(3,4)5;/h5-7H2,1-4H3;;1H/q+1;-1;. The van der Waals surface area contributed by atoms with Gasteiger partial charge in [-0.05, 0) is 20.8 Å². The first-order valence-electron chi connectivity index (χ1n) is 4.39. The van der Waals surface area contributed by atoms with E-state index in [-0.39, 0.29) is 24.0 Å². The molecule has 0 aromatic rings. The van der Waals surface area contributed by atoms with Gasteiger partial charge in [-0.25, -0.2) is 0 Å². The number of halogens is 5. The third-order valence-electron chi connectivity index (χ3n) is 2.29. The van der Waals surface area contributed by atoms with Gasteiger partial charge in [0.25, 0.3) is 0 Å². The molecule has 0 heterocycles. The molecular formula is C7H19BF4IN. The van der Waals surface area contributed by atoms with E-state index in [0.717, 1.165) is 0 Å². The van der Waals surface area contributed by atoms with E-state index in [0.29, 0.717) is 0 Å². The second kappa shape index (κ2) is 8.76. The first-order chi connectivity index (χ1) is 5.68. The molecule has 90 valence electrons. The Labute approximate surface area is 101 Å². The molecule has 14 heavy (non-hydrogen) atoms. The summed E-state index contributed by atoms with van der Waals surface area (Å²) in [4.78, 5) is 0. The van der Waals surface area contributed by atoms with Gasteiger partial charge in [-0.1, -0.05) is 0 Å². The van der Waals surface area contributed by atoms with Gasteiger partial charge >= 0.3 is 7.25 Å². The summed E-state index contributed by atoms with van der Waals surface area (Å²) in [5.41, 5.74) is 0. The van der Waals surface area contributed by atoms with Crippen molar-refractivity contribution in [2.24, 2.45) is 0 Å². The van der Waals surface area contributed by atoms with Crippen molar-refractivity contribution in [3.63, 3.8) is 0 Å². The van der Waals surface area contributed by atoms with Crippen molar-refractivity contribution >= 4 is 31.2 Å². The minimum atomic E-state index is -6.00. The van der Waals surface area contributed by atoms with Gasteiger partial charge < -0.3 is 21.7 Å². The molecule has 1 nitrogen and oxygen atoms in total. The number of nitrogens with zero attached hydrogens (tertiary/aromatic N) is 1. The topological polar surface area (TPSA) is 0 Å². The van der Waals surface area contributed by atoms with Crippen LogP contribution in [-0.2, 0) is 0 Å². The molecule has 0 unspecified atom stereocenters. The summed E-state index contributed by atoms with van der Waals surface area (Å²) in [7, 11) is -3.71. The first kappa shape index (κ1) is 20.0. The van der Waals surface area contributed by atoms with Crippen LogP contribution in [0.2, 0.25) is 0 Å². The number of hydrogen-bond donors (Lipinski definition) is 0. The van der Waals surface area contributed by atoms with E-state index >= 15 is 0 Å². The molecule has 0 aromatic heterocycles. The van der Waals surface area contributed by atoms with E-state index < -0.39 is 7.25 Å². The Morgan fingerprint density at radius 2 is 1.00 bits per heavy atom. The fourth-order valence-electron chi connectivity index (χ4n) is 0.671. The van der Waals surface area contributed by atoms with Gasteiger partial charge in [0.1, 0.15) is 0 Å². The first-order valence-corrected chi connectivity index (χ1v) is 4.39. The molecule has 0 aromatic carbocycles. The van der Waals surface area contributed by atoms with E-state index in [9.17, 15) is 17.3 Å². The van der Waals surface area contributed by atoms with Crippen molar-refractivity contribution in [2.45, 2.75) is 20.8 Å². The Hall–Kier alpha value is 0.475. The van der Waals surface area contributed by atoms with Crippen molar-refractivity contribution in [2.75, 3.05) is 26.7 Å². The molecule has 0 N–H and O–H groups in total. The van der Waals surface area contributed by atoms with Gasteiger partial charge in [0.05, 0.1) is 26.7 Å². The fourth-order valence-corrected chi connectivity index (χ4v) is 0.671. The molecule has 0 aliphatic heterocycles. The largest absolute Gasteiger partial charge is 0.673 e. The van der Waals surface area contributed by atoms with Gasteiger partial charge in [-0.15, -0.1) is 24.0 Å². The number of hydrogen-bond acceptors (Lipinski definition) is 0. The average molecular weight is 331 g/mol. The van der Waals surface area contributed by atoms with E-state index in [2.05, 4.69) is 27.8 Å². The Morgan fingerprint density at radius 3 is 1.00 bits per heavy atom. The molecule has 0 aliphatic rings. The predicted octanol–water partition coefficient (Wildman–Crippen LogP) is 3.41. The zero-order valence-corrected chi connectivity index (χ0v) is 11.4. The van der Waals surface area contributed by atoms with Gasteiger partial charge in [0.15, 0.2) is 0 Å². The van der Waals surface area contributed by atoms with Crippen LogP contribution in [0.1, 0.15) is 20.8 Å². The summed E-state index contributed by atoms with van der Waals surface area (Å²) in [5, 5.41) is 0. The zero-order chi connectivity index (χ0) is 11.1. The van der Waals surface area contributed by atoms with Crippen LogP contribution >= 0.6 is 24.0 Å². The number of rotatable bonds is 3. The van der Waals surface area contributed by atoms with Crippen LogP contribution in [0.3, 0.4) is 0 Å². The monoisotopic (exact) mass is 331 g/mol. The van der Waals surface area contributed by atoms with Crippen molar-refractivity contribution < 1.29 is 21.7 Å². The summed E-state index contributed by atoms with van der Waals surface area (Å²) in [5.74, 6) is 0. The molecule has 0 aliphatic carbocycles. The van der Waals surface area contributed by atoms with Crippen LogP contribution in [0.15, 0.2) is 0 Å². The average Bonchev–Trinajstić information content (AvgIpc) is 2.00. The molecule has 0 amide bonds. The van der Waals surface area contributed by atoms with Crippen molar-refractivity contribution in [3.05, 3.63) is 0 Å². The number of quaternary nitrogens is 1. The SMILES string of the molecule is CC[N+](C)(CC)CC.F[B-](F)(F)F.I. The highest BCUT2D eigenvalue weighted by Crippen LogP contribution is 2.06. The van der Waals surface area contributed by atoms with Crippen LogP contribution in [0.4, 0.5) is 17.3 Å². The Morgan fingerprint density at radius 1 is 0.857 bits per heavy atom. The summed E-state index contributed by atoms with van der Waals surface area (Å²) in [6.07, 6.45) is 0. The lowest BCUT2D eigenvalue weighted by Crippen LogP contribution is -2.42. The molecule has 0 saturated carbocycles. The lowest BCUT2D eigenvalue weighted by molar-refractivity contribution is -0.904. The third kappa shape index (κ3) is 18.3. The highest BCUT2D eigenvalue weighted by Gasteiger charge is 2.20. The molecule has 0 spiro atoms. The summed E-state index contributed by atoms with van der Waals surface area (Å²) >= 11 is 0. The quantitative estimate of drug-likeness (QED) is 0.322. The van der Waals surface area contributed by atoms with Gasteiger partial charge in [0.2, 0.25) is 0 Å². The van der Waals surface area contributed by atoms with E-state index in [1.165, 1.54) is 24.1 Å². The fraction of sp³-hybridized carbons (Fsp3) is 1.00. The molecular weight excluding hydrogens is 312 g/mol. The van der Waals surface area contributed by atoms with E-state index in [4.69, 9.17) is 0 Å². The van der Waals surface area contributed by atoms with E-state index in [1.807, 2.05) is 0 Å². The highest BCUT2D eigenvalue weighted by atomic mass is 127. The lowest BCUT2D eigenvalue weighted by Gasteiger charge is -2.30. The molecule has 7 heteroatoms. The van der Waals surface area contributed by atoms with E-state index in [1.54, 1.807) is 0 Å². The van der Waals surface area contributed by atoms with Gasteiger partial charge in [-0.2, -0.15) is 0 Å². The second-order valence-electron chi connectivity index (χ2n) is 3.06. The Bertz CT molecular complexity index is 113. The van der Waals surface area contributed by atoms with Crippen molar-refractivity contribution in [1.29, 1.82) is 0 Å². The smallest absolute Gasteiger partial charge is 0.418 e.